The quantitative estimate of drug-likeness (QED) is 0.831. The molecule has 0 bridgehead atoms. The number of carbonyl (C=O) groups excluding carboxylic acids is 1. The number of nitrogens with two attached hydrogens (primary N) is 1. The standard InChI is InChI=1S/C16H17ClN2O2/c1-2-11-4-3-5-13(8-11)21-10-16(20)19-15-7-6-12(18)9-14(15)17/h3-9H,2,10,18H2,1H3,(H,19,20). The summed E-state index contributed by atoms with van der Waals surface area (Å²) in [6, 6.07) is 12.6. The zero-order chi connectivity index (χ0) is 15.2. The number of carbonyl (C=O) groups is 1. The number of amides is 1. The van der Waals surface area contributed by atoms with Crippen molar-refractivity contribution in [3.63, 3.8) is 0 Å². The summed E-state index contributed by atoms with van der Waals surface area (Å²) in [4.78, 5) is 11.9. The molecule has 1 amide bonds. The van der Waals surface area contributed by atoms with Crippen LogP contribution in [-0.4, -0.2) is 12.5 Å². The van der Waals surface area contributed by atoms with Crippen LogP contribution in [0.3, 0.4) is 0 Å². The maximum absolute atomic E-state index is 11.9. The highest BCUT2D eigenvalue weighted by Gasteiger charge is 2.07. The average molecular weight is 305 g/mol. The molecule has 0 spiro atoms. The van der Waals surface area contributed by atoms with Gasteiger partial charge in [-0.15, -0.1) is 0 Å². The van der Waals surface area contributed by atoms with Crippen molar-refractivity contribution in [2.24, 2.45) is 0 Å². The lowest BCUT2D eigenvalue weighted by molar-refractivity contribution is -0.118. The lowest BCUT2D eigenvalue weighted by Crippen LogP contribution is -2.20. The molecule has 0 heterocycles. The molecule has 0 fully saturated rings. The second kappa shape index (κ2) is 6.99. The smallest absolute Gasteiger partial charge is 0.262 e. The summed E-state index contributed by atoms with van der Waals surface area (Å²) in [5, 5.41) is 3.08. The molecule has 3 N–H and O–H groups in total. The number of rotatable bonds is 5. The Morgan fingerprint density at radius 2 is 2.10 bits per heavy atom. The van der Waals surface area contributed by atoms with E-state index in [4.69, 9.17) is 22.1 Å². The fourth-order valence-corrected chi connectivity index (χ4v) is 2.06. The summed E-state index contributed by atoms with van der Waals surface area (Å²) in [6.45, 7) is 1.99. The van der Waals surface area contributed by atoms with E-state index in [9.17, 15) is 4.79 Å². The van der Waals surface area contributed by atoms with Crippen molar-refractivity contribution in [1.29, 1.82) is 0 Å². The molecule has 2 aromatic carbocycles. The van der Waals surface area contributed by atoms with E-state index in [0.717, 1.165) is 12.0 Å². The van der Waals surface area contributed by atoms with Gasteiger partial charge in [-0.3, -0.25) is 4.79 Å². The van der Waals surface area contributed by atoms with E-state index in [0.29, 0.717) is 22.1 Å². The Kier molecular flexibility index (Phi) is 5.06. The largest absolute Gasteiger partial charge is 0.484 e. The molecule has 5 heteroatoms. The first-order valence-corrected chi connectivity index (χ1v) is 7.03. The normalized spacial score (nSPS) is 10.2. The van der Waals surface area contributed by atoms with Gasteiger partial charge < -0.3 is 15.8 Å². The van der Waals surface area contributed by atoms with Gasteiger partial charge in [0.05, 0.1) is 10.7 Å². The van der Waals surface area contributed by atoms with Gasteiger partial charge in [-0.05, 0) is 42.3 Å². The Labute approximate surface area is 128 Å². The fraction of sp³-hybridized carbons (Fsp3) is 0.188. The highest BCUT2D eigenvalue weighted by molar-refractivity contribution is 6.34. The summed E-state index contributed by atoms with van der Waals surface area (Å²) in [5.74, 6) is 0.400. The molecule has 2 rings (SSSR count). The lowest BCUT2D eigenvalue weighted by Gasteiger charge is -2.10. The summed E-state index contributed by atoms with van der Waals surface area (Å²) >= 11 is 5.99. The van der Waals surface area contributed by atoms with Gasteiger partial charge in [0, 0.05) is 5.69 Å². The van der Waals surface area contributed by atoms with Crippen molar-refractivity contribution >= 4 is 28.9 Å². The first-order valence-electron chi connectivity index (χ1n) is 6.65. The molecule has 0 saturated carbocycles. The summed E-state index contributed by atoms with van der Waals surface area (Å²) in [5.41, 5.74) is 7.82. The molecule has 0 aliphatic rings. The molecule has 0 aromatic heterocycles. The SMILES string of the molecule is CCc1cccc(OCC(=O)Nc2ccc(N)cc2Cl)c1. The van der Waals surface area contributed by atoms with Crippen LogP contribution in [-0.2, 0) is 11.2 Å². The van der Waals surface area contributed by atoms with Crippen LogP contribution in [0.4, 0.5) is 11.4 Å². The Hall–Kier alpha value is -2.20. The minimum absolute atomic E-state index is 0.0755. The van der Waals surface area contributed by atoms with Crippen molar-refractivity contribution in [3.05, 3.63) is 53.1 Å². The molecule has 0 saturated heterocycles. The van der Waals surface area contributed by atoms with E-state index in [1.807, 2.05) is 24.3 Å². The third-order valence-electron chi connectivity index (χ3n) is 2.94. The fourth-order valence-electron chi connectivity index (χ4n) is 1.82. The van der Waals surface area contributed by atoms with Crippen molar-refractivity contribution in [3.8, 4) is 5.75 Å². The number of aryl methyl sites for hydroxylation is 1. The van der Waals surface area contributed by atoms with Gasteiger partial charge in [-0.25, -0.2) is 0 Å². The Morgan fingerprint density at radius 3 is 2.81 bits per heavy atom. The first kappa shape index (κ1) is 15.2. The zero-order valence-electron chi connectivity index (χ0n) is 11.7. The van der Waals surface area contributed by atoms with Crippen molar-refractivity contribution in [1.82, 2.24) is 0 Å². The van der Waals surface area contributed by atoms with Crippen LogP contribution in [0, 0.1) is 0 Å². The molecular weight excluding hydrogens is 288 g/mol. The van der Waals surface area contributed by atoms with Gasteiger partial charge in [0.1, 0.15) is 5.75 Å². The number of halogens is 1. The van der Waals surface area contributed by atoms with Gasteiger partial charge >= 0.3 is 0 Å². The monoisotopic (exact) mass is 304 g/mol. The number of nitrogen functional groups attached to an aromatic ring is 1. The van der Waals surface area contributed by atoms with Crippen LogP contribution >= 0.6 is 11.6 Å². The van der Waals surface area contributed by atoms with Gasteiger partial charge in [-0.1, -0.05) is 30.7 Å². The molecule has 2 aromatic rings. The van der Waals surface area contributed by atoms with Crippen molar-refractivity contribution in [2.75, 3.05) is 17.7 Å². The van der Waals surface area contributed by atoms with Gasteiger partial charge in [0.15, 0.2) is 6.61 Å². The van der Waals surface area contributed by atoms with Crippen LogP contribution in [0.2, 0.25) is 5.02 Å². The minimum Gasteiger partial charge on any atom is -0.484 e. The second-order valence-electron chi connectivity index (χ2n) is 4.58. The molecule has 0 aliphatic carbocycles. The van der Waals surface area contributed by atoms with E-state index >= 15 is 0 Å². The number of nitrogens with one attached hydrogen (secondary N) is 1. The molecule has 110 valence electrons. The number of hydrogen-bond donors (Lipinski definition) is 2. The maximum atomic E-state index is 11.9. The predicted molar refractivity (Wildman–Crippen MR) is 85.8 cm³/mol. The van der Waals surface area contributed by atoms with E-state index in [1.54, 1.807) is 18.2 Å². The third kappa shape index (κ3) is 4.39. The second-order valence-corrected chi connectivity index (χ2v) is 4.98. The zero-order valence-corrected chi connectivity index (χ0v) is 12.5. The minimum atomic E-state index is -0.274. The van der Waals surface area contributed by atoms with Crippen LogP contribution in [0.5, 0.6) is 5.75 Å². The lowest BCUT2D eigenvalue weighted by atomic mass is 10.2. The summed E-state index contributed by atoms with van der Waals surface area (Å²) in [6.07, 6.45) is 0.921. The topological polar surface area (TPSA) is 64.3 Å². The van der Waals surface area contributed by atoms with Crippen molar-refractivity contribution in [2.45, 2.75) is 13.3 Å². The Balaban J connectivity index is 1.92. The molecule has 0 radical (unpaired) electrons. The maximum Gasteiger partial charge on any atom is 0.262 e. The number of benzene rings is 2. The van der Waals surface area contributed by atoms with Gasteiger partial charge in [0.2, 0.25) is 0 Å². The molecule has 0 aliphatic heterocycles. The molecule has 0 atom stereocenters. The number of hydrogen-bond acceptors (Lipinski definition) is 3. The number of ether oxygens (including phenoxy) is 1. The van der Waals surface area contributed by atoms with E-state index < -0.39 is 0 Å². The first-order chi connectivity index (χ1) is 10.1. The highest BCUT2D eigenvalue weighted by Crippen LogP contribution is 2.24. The number of anilines is 2. The van der Waals surface area contributed by atoms with Crippen molar-refractivity contribution < 1.29 is 9.53 Å². The third-order valence-corrected chi connectivity index (χ3v) is 3.26. The van der Waals surface area contributed by atoms with Crippen LogP contribution in [0.1, 0.15) is 12.5 Å². The average Bonchev–Trinajstić information content (AvgIpc) is 2.48. The van der Waals surface area contributed by atoms with E-state index in [1.165, 1.54) is 0 Å². The van der Waals surface area contributed by atoms with Crippen LogP contribution in [0.15, 0.2) is 42.5 Å². The molecule has 21 heavy (non-hydrogen) atoms. The molecular formula is C16H17ClN2O2. The van der Waals surface area contributed by atoms with E-state index in [2.05, 4.69) is 12.2 Å². The Morgan fingerprint density at radius 1 is 1.29 bits per heavy atom. The summed E-state index contributed by atoms with van der Waals surface area (Å²) in [7, 11) is 0. The van der Waals surface area contributed by atoms with Crippen LogP contribution in [0.25, 0.3) is 0 Å². The van der Waals surface area contributed by atoms with Crippen LogP contribution < -0.4 is 15.8 Å². The van der Waals surface area contributed by atoms with E-state index in [-0.39, 0.29) is 12.5 Å². The molecule has 0 unspecified atom stereocenters. The van der Waals surface area contributed by atoms with Gasteiger partial charge in [0.25, 0.3) is 5.91 Å². The highest BCUT2D eigenvalue weighted by atomic mass is 35.5. The Bertz CT molecular complexity index is 644. The van der Waals surface area contributed by atoms with Gasteiger partial charge in [-0.2, -0.15) is 0 Å². The molecule has 4 nitrogen and oxygen atoms in total. The summed E-state index contributed by atoms with van der Waals surface area (Å²) < 4.78 is 5.47. The predicted octanol–water partition coefficient (Wildman–Crippen LogP) is 3.50.